The summed E-state index contributed by atoms with van der Waals surface area (Å²) in [5, 5.41) is 4.40. The molecule has 3 aromatic rings. The van der Waals surface area contributed by atoms with Crippen LogP contribution >= 0.6 is 0 Å². The number of sulfonamides is 1. The number of rotatable bonds is 6. The van der Waals surface area contributed by atoms with Crippen LogP contribution in [-0.4, -0.2) is 73.6 Å². The van der Waals surface area contributed by atoms with E-state index in [1.807, 2.05) is 49.1 Å². The average molecular weight is 482 g/mol. The molecule has 0 aliphatic carbocycles. The zero-order valence-electron chi connectivity index (χ0n) is 20.1. The zero-order valence-corrected chi connectivity index (χ0v) is 20.9. The molecule has 2 heterocycles. The lowest BCUT2D eigenvalue weighted by atomic mass is 10.0. The van der Waals surface area contributed by atoms with Crippen LogP contribution in [0.2, 0.25) is 0 Å². The highest BCUT2D eigenvalue weighted by Gasteiger charge is 2.24. The lowest BCUT2D eigenvalue weighted by Gasteiger charge is -2.37. The smallest absolute Gasteiger partial charge is 0.244 e. The van der Waals surface area contributed by atoms with Crippen molar-refractivity contribution in [2.45, 2.75) is 25.3 Å². The van der Waals surface area contributed by atoms with Crippen LogP contribution in [0.1, 0.15) is 11.4 Å². The summed E-state index contributed by atoms with van der Waals surface area (Å²) in [7, 11) is -0.454. The van der Waals surface area contributed by atoms with Gasteiger partial charge in [0.25, 0.3) is 0 Å². The number of para-hydroxylation sites is 1. The Morgan fingerprint density at radius 1 is 0.971 bits per heavy atom. The van der Waals surface area contributed by atoms with Crippen LogP contribution < -0.4 is 4.90 Å². The number of anilines is 1. The molecular formula is C25H31N5O3S. The summed E-state index contributed by atoms with van der Waals surface area (Å²) in [5.74, 6) is 0.0701. The first-order valence-electron chi connectivity index (χ1n) is 11.3. The van der Waals surface area contributed by atoms with Crippen LogP contribution in [0.3, 0.4) is 0 Å². The van der Waals surface area contributed by atoms with Gasteiger partial charge in [0.05, 0.1) is 10.6 Å². The summed E-state index contributed by atoms with van der Waals surface area (Å²) < 4.78 is 28.2. The molecule has 1 aromatic heterocycles. The van der Waals surface area contributed by atoms with E-state index in [2.05, 4.69) is 16.1 Å². The number of nitrogens with zero attached hydrogens (tertiary/aromatic N) is 5. The highest BCUT2D eigenvalue weighted by atomic mass is 32.2. The Morgan fingerprint density at radius 2 is 1.68 bits per heavy atom. The van der Waals surface area contributed by atoms with Crippen LogP contribution in [-0.2, 0) is 21.4 Å². The lowest BCUT2D eigenvalue weighted by Crippen LogP contribution is -2.49. The largest absolute Gasteiger partial charge is 0.367 e. The van der Waals surface area contributed by atoms with Crippen molar-refractivity contribution < 1.29 is 13.2 Å². The molecule has 8 nitrogen and oxygen atoms in total. The van der Waals surface area contributed by atoms with Gasteiger partial charge in [-0.15, -0.1) is 0 Å². The fourth-order valence-corrected chi connectivity index (χ4v) is 5.24. The molecule has 9 heteroatoms. The molecule has 180 valence electrons. The Hall–Kier alpha value is -3.17. The third kappa shape index (κ3) is 4.85. The molecule has 34 heavy (non-hydrogen) atoms. The molecule has 1 aliphatic rings. The van der Waals surface area contributed by atoms with Gasteiger partial charge in [-0.2, -0.15) is 5.10 Å². The van der Waals surface area contributed by atoms with Crippen LogP contribution in [0.5, 0.6) is 0 Å². The van der Waals surface area contributed by atoms with Crippen molar-refractivity contribution in [1.29, 1.82) is 0 Å². The number of aromatic nitrogens is 2. The molecule has 1 saturated heterocycles. The van der Waals surface area contributed by atoms with E-state index in [4.69, 9.17) is 0 Å². The maximum Gasteiger partial charge on any atom is 0.244 e. The molecule has 0 N–H and O–H groups in total. The van der Waals surface area contributed by atoms with E-state index in [0.717, 1.165) is 28.2 Å². The minimum atomic E-state index is -3.52. The number of carbonyl (C=O) groups excluding carboxylic acids is 1. The highest BCUT2D eigenvalue weighted by Crippen LogP contribution is 2.33. The van der Waals surface area contributed by atoms with Crippen molar-refractivity contribution >= 4 is 21.6 Å². The van der Waals surface area contributed by atoms with Crippen molar-refractivity contribution in [1.82, 2.24) is 19.0 Å². The third-order valence-electron chi connectivity index (χ3n) is 6.19. The maximum atomic E-state index is 12.8. The summed E-state index contributed by atoms with van der Waals surface area (Å²) in [5.41, 5.74) is 4.75. The van der Waals surface area contributed by atoms with Gasteiger partial charge >= 0.3 is 0 Å². The van der Waals surface area contributed by atoms with Gasteiger partial charge in [0.15, 0.2) is 0 Å². The predicted molar refractivity (Wildman–Crippen MR) is 133 cm³/mol. The molecule has 0 radical (unpaired) electrons. The summed E-state index contributed by atoms with van der Waals surface area (Å²) >= 11 is 0. The number of hydrogen-bond acceptors (Lipinski definition) is 5. The van der Waals surface area contributed by atoms with Crippen LogP contribution in [0.25, 0.3) is 11.1 Å². The van der Waals surface area contributed by atoms with Crippen molar-refractivity contribution in [3.8, 4) is 11.1 Å². The Balaban J connectivity index is 1.50. The molecule has 4 rings (SSSR count). The fraction of sp³-hybridized carbons (Fsp3) is 0.360. The normalized spacial score (nSPS) is 14.6. The Labute approximate surface area is 201 Å². The predicted octanol–water partition coefficient (Wildman–Crippen LogP) is 2.77. The lowest BCUT2D eigenvalue weighted by molar-refractivity contribution is -0.132. The monoisotopic (exact) mass is 481 g/mol. The van der Waals surface area contributed by atoms with Gasteiger partial charge in [-0.05, 0) is 43.7 Å². The van der Waals surface area contributed by atoms with Crippen LogP contribution in [0, 0.1) is 13.8 Å². The van der Waals surface area contributed by atoms with Crippen molar-refractivity contribution in [3.05, 3.63) is 66.0 Å². The second-order valence-corrected chi connectivity index (χ2v) is 10.9. The summed E-state index contributed by atoms with van der Waals surface area (Å²) in [6.45, 7) is 6.80. The van der Waals surface area contributed by atoms with E-state index in [1.54, 1.807) is 22.9 Å². The average Bonchev–Trinajstić information content (AvgIpc) is 3.15. The maximum absolute atomic E-state index is 12.8. The first kappa shape index (κ1) is 24.0. The molecule has 1 amide bonds. The van der Waals surface area contributed by atoms with E-state index >= 15 is 0 Å². The van der Waals surface area contributed by atoms with Gasteiger partial charge in [-0.25, -0.2) is 12.7 Å². The zero-order chi connectivity index (χ0) is 24.5. The molecule has 0 atom stereocenters. The molecule has 0 spiro atoms. The van der Waals surface area contributed by atoms with Crippen molar-refractivity contribution in [2.24, 2.45) is 0 Å². The Morgan fingerprint density at radius 3 is 2.32 bits per heavy atom. The first-order valence-corrected chi connectivity index (χ1v) is 12.8. The van der Waals surface area contributed by atoms with E-state index in [0.29, 0.717) is 26.2 Å². The van der Waals surface area contributed by atoms with Gasteiger partial charge < -0.3 is 9.80 Å². The number of piperazine rings is 1. The highest BCUT2D eigenvalue weighted by molar-refractivity contribution is 7.89. The SMILES string of the molecule is Cc1cc(C)n(CC(=O)N2CCN(c3ccccc3-c3cccc(S(=O)(=O)N(C)C)c3)CC2)n1. The summed E-state index contributed by atoms with van der Waals surface area (Å²) in [6.07, 6.45) is 0. The molecule has 2 aromatic carbocycles. The number of carbonyl (C=O) groups is 1. The number of hydrogen-bond donors (Lipinski definition) is 0. The topological polar surface area (TPSA) is 78.8 Å². The van der Waals surface area contributed by atoms with Gasteiger partial charge in [0.2, 0.25) is 15.9 Å². The van der Waals surface area contributed by atoms with E-state index in [-0.39, 0.29) is 17.3 Å². The Bertz CT molecular complexity index is 1290. The number of amides is 1. The molecule has 1 fully saturated rings. The second kappa shape index (κ2) is 9.60. The van der Waals surface area contributed by atoms with E-state index in [9.17, 15) is 13.2 Å². The summed E-state index contributed by atoms with van der Waals surface area (Å²) in [4.78, 5) is 17.2. The van der Waals surface area contributed by atoms with Crippen molar-refractivity contribution in [3.63, 3.8) is 0 Å². The minimum Gasteiger partial charge on any atom is -0.367 e. The minimum absolute atomic E-state index is 0.0701. The van der Waals surface area contributed by atoms with E-state index in [1.165, 1.54) is 18.4 Å². The van der Waals surface area contributed by atoms with Crippen molar-refractivity contribution in [2.75, 3.05) is 45.2 Å². The van der Waals surface area contributed by atoms with E-state index < -0.39 is 10.0 Å². The fourth-order valence-electron chi connectivity index (χ4n) is 4.29. The number of aryl methyl sites for hydroxylation is 2. The molecule has 0 unspecified atom stereocenters. The van der Waals surface area contributed by atoms with Gasteiger partial charge in [-0.3, -0.25) is 9.48 Å². The first-order chi connectivity index (χ1) is 16.2. The molecule has 0 bridgehead atoms. The molecule has 1 aliphatic heterocycles. The van der Waals surface area contributed by atoms with Gasteiger partial charge in [-0.1, -0.05) is 30.3 Å². The quantitative estimate of drug-likeness (QED) is 0.541. The second-order valence-electron chi connectivity index (χ2n) is 8.78. The van der Waals surface area contributed by atoms with Crippen LogP contribution in [0.15, 0.2) is 59.5 Å². The van der Waals surface area contributed by atoms with Gasteiger partial charge in [0, 0.05) is 57.2 Å². The number of benzene rings is 2. The third-order valence-corrected chi connectivity index (χ3v) is 8.00. The Kier molecular flexibility index (Phi) is 6.77. The van der Waals surface area contributed by atoms with Gasteiger partial charge in [0.1, 0.15) is 6.54 Å². The van der Waals surface area contributed by atoms with Crippen LogP contribution in [0.4, 0.5) is 5.69 Å². The molecule has 0 saturated carbocycles. The summed E-state index contributed by atoms with van der Waals surface area (Å²) in [6, 6.07) is 17.0. The standard InChI is InChI=1S/C25H31N5O3S/c1-19-16-20(2)30(26-19)18-25(31)29-14-12-28(13-15-29)24-11-6-5-10-23(24)21-8-7-9-22(17-21)34(32,33)27(3)4/h5-11,16-17H,12-15,18H2,1-4H3. The molecular weight excluding hydrogens is 450 g/mol.